The summed E-state index contributed by atoms with van der Waals surface area (Å²) in [4.78, 5) is 62.3. The Morgan fingerprint density at radius 2 is 1.04 bits per heavy atom. The maximum absolute atomic E-state index is 13.7. The van der Waals surface area contributed by atoms with Crippen molar-refractivity contribution in [1.29, 1.82) is 0 Å². The minimum atomic E-state index is -1.14. The van der Waals surface area contributed by atoms with Crippen molar-refractivity contribution in [3.05, 3.63) is 293 Å². The van der Waals surface area contributed by atoms with E-state index in [9.17, 15) is 44.0 Å². The molecule has 0 amide bonds. The quantitative estimate of drug-likeness (QED) is 0.0568. The summed E-state index contributed by atoms with van der Waals surface area (Å²) in [5, 5.41) is 44.7. The molecule has 5 N–H and O–H groups in total. The zero-order valence-corrected chi connectivity index (χ0v) is 58.1. The molecule has 4 heterocycles. The molecule has 5 fully saturated rings. The highest BCUT2D eigenvalue weighted by Gasteiger charge is 2.50. The van der Waals surface area contributed by atoms with E-state index >= 15 is 0 Å². The van der Waals surface area contributed by atoms with Crippen LogP contribution in [-0.2, 0) is 0 Å². The van der Waals surface area contributed by atoms with Gasteiger partial charge in [0.05, 0.1) is 19.6 Å². The second-order valence-electron chi connectivity index (χ2n) is 28.2. The minimum absolute atomic E-state index is 0.0314. The van der Waals surface area contributed by atoms with Crippen LogP contribution in [0.3, 0.4) is 0 Å². The van der Waals surface area contributed by atoms with Gasteiger partial charge < -0.3 is 44.4 Å². The van der Waals surface area contributed by atoms with Gasteiger partial charge in [-0.3, -0.25) is 15.0 Å². The Labute approximate surface area is 615 Å². The number of benzene rings is 9. The topological polar surface area (TPSA) is 239 Å². The van der Waals surface area contributed by atoms with E-state index < -0.39 is 29.8 Å². The molecule has 0 saturated heterocycles. The molecule has 17 heteroatoms. The van der Waals surface area contributed by atoms with Crippen LogP contribution in [0.4, 0.5) is 4.39 Å². The highest BCUT2D eigenvalue weighted by Crippen LogP contribution is 2.55. The van der Waals surface area contributed by atoms with E-state index in [4.69, 9.17) is 18.9 Å². The fourth-order valence-electron chi connectivity index (χ4n) is 16.8. The van der Waals surface area contributed by atoms with Crippen molar-refractivity contribution >= 4 is 91.3 Å². The number of nitrogens with one attached hydrogen (secondary N) is 1. The largest absolute Gasteiger partial charge is 0.489 e. The van der Waals surface area contributed by atoms with Gasteiger partial charge in [-0.25, -0.2) is 19.2 Å². The smallest absolute Gasteiger partial charge is 0.339 e. The van der Waals surface area contributed by atoms with Gasteiger partial charge in [0.1, 0.15) is 68.6 Å². The number of aliphatic imine (C=N–C) groups is 3. The van der Waals surface area contributed by atoms with E-state index in [1.54, 1.807) is 67.0 Å². The first kappa shape index (κ1) is 68.7. The standard InChI is InChI=1S/C25H17NO3.C23H19NO3.C21H14FNO3.C21H23NO3/c27-25(28)22-13-16(18-11-12-26-15-18)9-10-23(22)29-24-14-17-5-1-2-6-19(17)20-7-3-4-8-21(20)24;25-23(26)20-12-15(18-8-9-24-13-18)6-7-21(20)27-19-10-16-3-1-2-14-4-5-17(11-19)22(14)16;22-20-16(10-11-23-20)14-8-9-19(17(12-14)21(24)25)26-18-7-3-5-13-4-1-2-6-15(13)18;23-21(24)18-10-14(15-3-4-22-11-15)1-2-19(18)25-20-16-6-12-5-13(8-16)9-17(20)7-12/h1-11,13-15H,12H2,(H,27,28);1-3,6-8,10-13,17,22H,4-5,9H2,(H,25,26);1-10,12H,11H2,(H,24,25);1-4,10-13,16-17,20,22H,5-9H2,(H,23,24). The number of allylic oxidation sites excluding steroid dienone is 10. The second-order valence-corrected chi connectivity index (χ2v) is 28.2. The zero-order valence-electron chi connectivity index (χ0n) is 58.1. The Hall–Kier alpha value is -12.8. The molecule has 107 heavy (non-hydrogen) atoms. The van der Waals surface area contributed by atoms with Crippen molar-refractivity contribution in [1.82, 2.24) is 4.98 Å². The Balaban J connectivity index is 0.000000109. The highest BCUT2D eigenvalue weighted by atomic mass is 19.1. The Bertz CT molecular complexity index is 5560. The number of aromatic nitrogens is 1. The number of halogens is 1. The first-order chi connectivity index (χ1) is 52.2. The fraction of sp³-hybridized carbons (Fsp3) is 0.189. The number of hydrogen-bond donors (Lipinski definition) is 5. The summed E-state index contributed by atoms with van der Waals surface area (Å²) >= 11 is 0. The molecule has 3 aliphatic heterocycles. The Morgan fingerprint density at radius 1 is 0.486 bits per heavy atom. The molecule has 2 unspecified atom stereocenters. The monoisotopic (exact) mass is 1420 g/mol. The number of rotatable bonds is 16. The van der Waals surface area contributed by atoms with Crippen LogP contribution >= 0.6 is 0 Å². The number of fused-ring (bicyclic) bond motifs is 4. The van der Waals surface area contributed by atoms with Gasteiger partial charge >= 0.3 is 23.9 Å². The van der Waals surface area contributed by atoms with Gasteiger partial charge in [-0.2, -0.15) is 4.39 Å². The Kier molecular flexibility index (Phi) is 19.1. The molecule has 10 aromatic rings. The minimum Gasteiger partial charge on any atom is -0.489 e. The number of H-pyrrole nitrogens is 1. The summed E-state index contributed by atoms with van der Waals surface area (Å²) in [5.74, 6) is 2.60. The van der Waals surface area contributed by atoms with Crippen LogP contribution < -0.4 is 18.9 Å². The predicted molar refractivity (Wildman–Crippen MR) is 415 cm³/mol. The maximum Gasteiger partial charge on any atom is 0.339 e. The van der Waals surface area contributed by atoms with E-state index in [2.05, 4.69) is 56.4 Å². The van der Waals surface area contributed by atoms with Crippen molar-refractivity contribution in [3.63, 3.8) is 0 Å². The van der Waals surface area contributed by atoms with Crippen molar-refractivity contribution in [2.24, 2.45) is 50.5 Å². The van der Waals surface area contributed by atoms with Crippen LogP contribution in [0.25, 0.3) is 60.2 Å². The summed E-state index contributed by atoms with van der Waals surface area (Å²) in [5.41, 5.74) is 9.48. The summed E-state index contributed by atoms with van der Waals surface area (Å²) in [6, 6.07) is 53.9. The van der Waals surface area contributed by atoms with E-state index in [0.29, 0.717) is 76.6 Å². The average molecular weight is 1420 g/mol. The molecule has 532 valence electrons. The first-order valence-corrected chi connectivity index (χ1v) is 36.0. The third-order valence-corrected chi connectivity index (χ3v) is 21.6. The molecule has 7 aliphatic carbocycles. The van der Waals surface area contributed by atoms with Crippen molar-refractivity contribution in [3.8, 4) is 45.6 Å². The highest BCUT2D eigenvalue weighted by molar-refractivity contribution is 6.21. The lowest BCUT2D eigenvalue weighted by molar-refractivity contribution is -0.0792. The molecule has 1 aromatic heterocycles. The second kappa shape index (κ2) is 29.8. The molecular weight excluding hydrogens is 1350 g/mol. The van der Waals surface area contributed by atoms with E-state index in [1.807, 2.05) is 140 Å². The van der Waals surface area contributed by atoms with Crippen LogP contribution in [0.2, 0.25) is 0 Å². The summed E-state index contributed by atoms with van der Waals surface area (Å²) in [7, 11) is 0. The summed E-state index contributed by atoms with van der Waals surface area (Å²) in [6.45, 7) is 1.53. The van der Waals surface area contributed by atoms with Gasteiger partial charge in [-0.15, -0.1) is 0 Å². The molecule has 9 aromatic carbocycles. The summed E-state index contributed by atoms with van der Waals surface area (Å²) in [6.07, 6.45) is 32.4. The molecule has 0 spiro atoms. The van der Waals surface area contributed by atoms with Gasteiger partial charge in [-0.05, 0) is 219 Å². The van der Waals surface area contributed by atoms with E-state index in [1.165, 1.54) is 49.3 Å². The Morgan fingerprint density at radius 3 is 1.65 bits per heavy atom. The number of carboxylic acid groups (broad SMARTS) is 4. The van der Waals surface area contributed by atoms with Crippen LogP contribution in [0.5, 0.6) is 34.5 Å². The molecule has 0 radical (unpaired) electrons. The predicted octanol–water partition coefficient (Wildman–Crippen LogP) is 20.2. The van der Waals surface area contributed by atoms with E-state index in [0.717, 1.165) is 96.2 Å². The van der Waals surface area contributed by atoms with Gasteiger partial charge in [0, 0.05) is 47.1 Å². The van der Waals surface area contributed by atoms with Gasteiger partial charge in [0.25, 0.3) is 0 Å². The molecule has 4 bridgehead atoms. The third-order valence-electron chi connectivity index (χ3n) is 21.6. The third kappa shape index (κ3) is 14.4. The number of carbonyl (C=O) groups is 4. The van der Waals surface area contributed by atoms with Crippen molar-refractivity contribution in [2.45, 2.75) is 51.0 Å². The summed E-state index contributed by atoms with van der Waals surface area (Å²) < 4.78 is 38.2. The maximum atomic E-state index is 13.7. The number of aromatic amines is 1. The lowest BCUT2D eigenvalue weighted by atomic mass is 9.55. The zero-order chi connectivity index (χ0) is 73.2. The normalized spacial score (nSPS) is 20.7. The first-order valence-electron chi connectivity index (χ1n) is 36.0. The molecular formula is C90H73FN4O12. The molecule has 16 nitrogen and oxygen atoms in total. The number of aromatic carboxylic acids is 4. The molecule has 20 rings (SSSR count). The van der Waals surface area contributed by atoms with Crippen LogP contribution in [-0.4, -0.2) is 93.4 Å². The number of carboxylic acids is 4. The van der Waals surface area contributed by atoms with Gasteiger partial charge in [-0.1, -0.05) is 151 Å². The molecule has 5 saturated carbocycles. The van der Waals surface area contributed by atoms with Gasteiger partial charge in [0.2, 0.25) is 5.97 Å². The van der Waals surface area contributed by atoms with Gasteiger partial charge in [0.15, 0.2) is 0 Å². The lowest BCUT2D eigenvalue weighted by Gasteiger charge is -2.53. The van der Waals surface area contributed by atoms with Crippen LogP contribution in [0.15, 0.2) is 269 Å². The average Bonchev–Trinajstić information content (AvgIpc) is 0.970. The van der Waals surface area contributed by atoms with Crippen LogP contribution in [0, 0.1) is 35.5 Å². The number of hydrogen-bond acceptors (Lipinski definition) is 11. The lowest BCUT2D eigenvalue weighted by Crippen LogP contribution is -2.50. The SMILES string of the molecule is O=C(O)c1cc(-c2cc[nH]c2)ccc1OC1C2CC3CC(C2)CC1C3.O=C(O)c1cc(C2=CCN=C2)ccc1OC1=CC2CCC3=CC=CC(=C1)C32.O=C(O)c1cc(C2=CCN=C2)ccc1Oc1cc2ccccc2c2ccccc12.O=C(O)c1cc(C2=CCN=C2F)ccc1Oc1cccc2ccccc12. The molecule has 10 aliphatic rings. The number of ether oxygens (including phenoxy) is 4. The van der Waals surface area contributed by atoms with E-state index in [-0.39, 0.29) is 40.7 Å². The fourth-order valence-corrected chi connectivity index (χ4v) is 16.8. The number of nitrogens with zero attached hydrogens (tertiary/aromatic N) is 3. The van der Waals surface area contributed by atoms with Crippen molar-refractivity contribution < 1.29 is 62.9 Å². The molecule has 2 atom stereocenters. The van der Waals surface area contributed by atoms with Crippen LogP contribution in [0.1, 0.15) is 103 Å². The van der Waals surface area contributed by atoms with Crippen molar-refractivity contribution in [2.75, 3.05) is 19.6 Å².